The third kappa shape index (κ3) is 3.41. The highest BCUT2D eigenvalue weighted by molar-refractivity contribution is 9.10. The molecule has 3 aliphatic rings. The number of fused-ring (bicyclic) bond motifs is 1. The number of morpholine rings is 1. The SMILES string of the molecule is O=C1S/C(=C/c2cc3c(cc2Br)OCO3)C(=O)N1C[NH+]1CCOCC1. The average molecular weight is 428 g/mol. The van der Waals surface area contributed by atoms with Gasteiger partial charge in [-0.05, 0) is 35.5 Å². The fourth-order valence-corrected chi connectivity index (χ4v) is 4.13. The number of ether oxygens (including phenoxy) is 3. The number of halogens is 1. The Kier molecular flexibility index (Phi) is 4.72. The summed E-state index contributed by atoms with van der Waals surface area (Å²) in [4.78, 5) is 27.8. The van der Waals surface area contributed by atoms with Crippen LogP contribution in [0.4, 0.5) is 4.79 Å². The van der Waals surface area contributed by atoms with Gasteiger partial charge in [-0.3, -0.25) is 9.59 Å². The summed E-state index contributed by atoms with van der Waals surface area (Å²) in [5.74, 6) is 1.04. The third-order valence-corrected chi connectivity index (χ3v) is 5.83. The molecule has 3 heterocycles. The van der Waals surface area contributed by atoms with Crippen LogP contribution in [0.2, 0.25) is 0 Å². The Morgan fingerprint density at radius 1 is 1.20 bits per heavy atom. The quantitative estimate of drug-likeness (QED) is 0.728. The van der Waals surface area contributed by atoms with Crippen LogP contribution in [0, 0.1) is 0 Å². The van der Waals surface area contributed by atoms with Gasteiger partial charge in [0.1, 0.15) is 13.1 Å². The van der Waals surface area contributed by atoms with Crippen molar-refractivity contribution >= 4 is 44.9 Å². The van der Waals surface area contributed by atoms with Crippen molar-refractivity contribution in [2.75, 3.05) is 39.8 Å². The molecule has 2 amide bonds. The summed E-state index contributed by atoms with van der Waals surface area (Å²) in [5, 5.41) is -0.230. The summed E-state index contributed by atoms with van der Waals surface area (Å²) in [6.07, 6.45) is 1.71. The molecule has 25 heavy (non-hydrogen) atoms. The Balaban J connectivity index is 1.54. The largest absolute Gasteiger partial charge is 0.454 e. The minimum atomic E-state index is -0.251. The highest BCUT2D eigenvalue weighted by Gasteiger charge is 2.38. The maximum Gasteiger partial charge on any atom is 0.298 e. The first kappa shape index (κ1) is 16.9. The number of hydrogen-bond donors (Lipinski definition) is 1. The molecule has 2 fully saturated rings. The van der Waals surface area contributed by atoms with E-state index in [1.165, 1.54) is 9.80 Å². The van der Waals surface area contributed by atoms with Crippen LogP contribution in [-0.2, 0) is 9.53 Å². The normalized spacial score (nSPS) is 22.3. The van der Waals surface area contributed by atoms with Crippen molar-refractivity contribution in [1.29, 1.82) is 0 Å². The molecule has 2 saturated heterocycles. The molecule has 1 N–H and O–H groups in total. The van der Waals surface area contributed by atoms with E-state index in [-0.39, 0.29) is 17.9 Å². The second kappa shape index (κ2) is 6.99. The van der Waals surface area contributed by atoms with Crippen molar-refractivity contribution in [3.8, 4) is 11.5 Å². The molecule has 0 unspecified atom stereocenters. The van der Waals surface area contributed by atoms with Gasteiger partial charge in [-0.25, -0.2) is 4.90 Å². The van der Waals surface area contributed by atoms with E-state index in [2.05, 4.69) is 15.9 Å². The number of benzene rings is 1. The molecule has 1 aromatic rings. The zero-order valence-corrected chi connectivity index (χ0v) is 15.7. The number of rotatable bonds is 3. The lowest BCUT2D eigenvalue weighted by atomic mass is 10.2. The highest BCUT2D eigenvalue weighted by Crippen LogP contribution is 2.39. The maximum absolute atomic E-state index is 12.6. The minimum absolute atomic E-state index is 0.185. The molecule has 0 aliphatic carbocycles. The van der Waals surface area contributed by atoms with E-state index < -0.39 is 0 Å². The van der Waals surface area contributed by atoms with Gasteiger partial charge < -0.3 is 19.1 Å². The first-order valence-electron chi connectivity index (χ1n) is 7.87. The van der Waals surface area contributed by atoms with Crippen LogP contribution in [0.15, 0.2) is 21.5 Å². The molecule has 1 aromatic carbocycles. The molecule has 0 aromatic heterocycles. The van der Waals surface area contributed by atoms with E-state index in [1.54, 1.807) is 18.2 Å². The standard InChI is InChI=1S/C16H15BrN2O5S/c17-11-7-13-12(23-9-24-13)5-10(11)6-14-15(20)19(16(21)25-14)8-18-1-3-22-4-2-18/h5-7H,1-4,8-9H2/p+1/b14-6+. The smallest absolute Gasteiger partial charge is 0.298 e. The zero-order valence-electron chi connectivity index (χ0n) is 13.2. The first-order chi connectivity index (χ1) is 12.1. The Hall–Kier alpha value is -1.55. The lowest BCUT2D eigenvalue weighted by Gasteiger charge is -2.26. The second-order valence-electron chi connectivity index (χ2n) is 5.86. The number of carbonyl (C=O) groups excluding carboxylic acids is 2. The predicted octanol–water partition coefficient (Wildman–Crippen LogP) is 1.09. The van der Waals surface area contributed by atoms with Gasteiger partial charge in [-0.1, -0.05) is 15.9 Å². The number of amides is 2. The molecule has 0 atom stereocenters. The van der Waals surface area contributed by atoms with E-state index in [4.69, 9.17) is 14.2 Å². The first-order valence-corrected chi connectivity index (χ1v) is 9.48. The lowest BCUT2D eigenvalue weighted by Crippen LogP contribution is -3.15. The summed E-state index contributed by atoms with van der Waals surface area (Å²) >= 11 is 4.44. The predicted molar refractivity (Wildman–Crippen MR) is 94.5 cm³/mol. The highest BCUT2D eigenvalue weighted by atomic mass is 79.9. The summed E-state index contributed by atoms with van der Waals surface area (Å²) < 4.78 is 16.8. The van der Waals surface area contributed by atoms with Crippen LogP contribution in [-0.4, -0.2) is 55.8 Å². The number of hydrogen-bond acceptors (Lipinski definition) is 6. The van der Waals surface area contributed by atoms with Crippen molar-refractivity contribution in [2.45, 2.75) is 0 Å². The number of quaternary nitrogens is 1. The van der Waals surface area contributed by atoms with E-state index in [0.717, 1.165) is 34.9 Å². The molecule has 4 rings (SSSR count). The fraction of sp³-hybridized carbons (Fsp3) is 0.375. The molecule has 0 spiro atoms. The van der Waals surface area contributed by atoms with Gasteiger partial charge in [0.05, 0.1) is 18.1 Å². The Morgan fingerprint density at radius 3 is 2.68 bits per heavy atom. The number of nitrogens with one attached hydrogen (secondary N) is 1. The van der Waals surface area contributed by atoms with Crippen molar-refractivity contribution < 1.29 is 28.7 Å². The zero-order chi connectivity index (χ0) is 17.4. The maximum atomic E-state index is 12.6. The van der Waals surface area contributed by atoms with Crippen LogP contribution >= 0.6 is 27.7 Å². The number of imide groups is 1. The molecule has 7 nitrogen and oxygen atoms in total. The summed E-state index contributed by atoms with van der Waals surface area (Å²) in [7, 11) is 0. The van der Waals surface area contributed by atoms with Crippen LogP contribution in [0.3, 0.4) is 0 Å². The van der Waals surface area contributed by atoms with E-state index >= 15 is 0 Å². The molecular weight excluding hydrogens is 412 g/mol. The Morgan fingerprint density at radius 2 is 1.92 bits per heavy atom. The topological polar surface area (TPSA) is 69.5 Å². The number of carbonyl (C=O) groups is 2. The van der Waals surface area contributed by atoms with Crippen LogP contribution in [0.1, 0.15) is 5.56 Å². The van der Waals surface area contributed by atoms with Crippen LogP contribution in [0.5, 0.6) is 11.5 Å². The number of nitrogens with zero attached hydrogens (tertiary/aromatic N) is 1. The molecule has 0 saturated carbocycles. The Labute approximate surface area is 157 Å². The molecule has 3 aliphatic heterocycles. The van der Waals surface area contributed by atoms with Gasteiger partial charge in [0.15, 0.2) is 18.2 Å². The summed E-state index contributed by atoms with van der Waals surface area (Å²) in [5.41, 5.74) is 0.772. The molecule has 9 heteroatoms. The average Bonchev–Trinajstić information content (AvgIpc) is 3.16. The van der Waals surface area contributed by atoms with Crippen LogP contribution < -0.4 is 14.4 Å². The monoisotopic (exact) mass is 427 g/mol. The molecule has 0 bridgehead atoms. The minimum Gasteiger partial charge on any atom is -0.454 e. The van der Waals surface area contributed by atoms with E-state index in [1.807, 2.05) is 0 Å². The van der Waals surface area contributed by atoms with Gasteiger partial charge in [-0.15, -0.1) is 0 Å². The lowest BCUT2D eigenvalue weighted by molar-refractivity contribution is -0.915. The third-order valence-electron chi connectivity index (χ3n) is 4.23. The Bertz CT molecular complexity index is 763. The van der Waals surface area contributed by atoms with Gasteiger partial charge in [-0.2, -0.15) is 0 Å². The molecule has 132 valence electrons. The number of thioether (sulfide) groups is 1. The van der Waals surface area contributed by atoms with E-state index in [0.29, 0.717) is 36.3 Å². The van der Waals surface area contributed by atoms with Crippen molar-refractivity contribution in [3.05, 3.63) is 27.1 Å². The van der Waals surface area contributed by atoms with Gasteiger partial charge >= 0.3 is 0 Å². The molecule has 0 radical (unpaired) electrons. The summed E-state index contributed by atoms with van der Waals surface area (Å²) in [6, 6.07) is 3.60. The van der Waals surface area contributed by atoms with E-state index in [9.17, 15) is 9.59 Å². The van der Waals surface area contributed by atoms with Crippen molar-refractivity contribution in [3.63, 3.8) is 0 Å². The van der Waals surface area contributed by atoms with Gasteiger partial charge in [0.25, 0.3) is 11.1 Å². The fourth-order valence-electron chi connectivity index (χ4n) is 2.86. The van der Waals surface area contributed by atoms with Crippen LogP contribution in [0.25, 0.3) is 6.08 Å². The van der Waals surface area contributed by atoms with Crippen molar-refractivity contribution in [2.24, 2.45) is 0 Å². The summed E-state index contributed by atoms with van der Waals surface area (Å²) in [6.45, 7) is 3.48. The van der Waals surface area contributed by atoms with Gasteiger partial charge in [0, 0.05) is 4.47 Å². The molecular formula is C16H16BrN2O5S+. The van der Waals surface area contributed by atoms with Crippen molar-refractivity contribution in [1.82, 2.24) is 4.90 Å². The van der Waals surface area contributed by atoms with Gasteiger partial charge in [0.2, 0.25) is 6.79 Å². The second-order valence-corrected chi connectivity index (χ2v) is 7.70.